The maximum Gasteiger partial charge on any atom is 0.157 e. The molecule has 0 spiro atoms. The third-order valence-corrected chi connectivity index (χ3v) is 5.00. The number of hydrogen-bond acceptors (Lipinski definition) is 2. The van der Waals surface area contributed by atoms with E-state index < -0.39 is 0 Å². The average Bonchev–Trinajstić information content (AvgIpc) is 2.61. The van der Waals surface area contributed by atoms with Crippen molar-refractivity contribution in [3.8, 4) is 0 Å². The van der Waals surface area contributed by atoms with Crippen LogP contribution in [0.5, 0.6) is 0 Å². The quantitative estimate of drug-likeness (QED) is 0.153. The van der Waals surface area contributed by atoms with Crippen molar-refractivity contribution in [3.63, 3.8) is 0 Å². The van der Waals surface area contributed by atoms with E-state index in [1.807, 2.05) is 13.8 Å². The fourth-order valence-electron chi connectivity index (χ4n) is 3.45. The fraction of sp³-hybridized carbons (Fsp3) is 1.00. The molecule has 0 aliphatic rings. The lowest BCUT2D eigenvalue weighted by atomic mass is 10.0. The van der Waals surface area contributed by atoms with E-state index in [2.05, 4.69) is 6.92 Å². The Morgan fingerprint density at radius 2 is 0.760 bits per heavy atom. The van der Waals surface area contributed by atoms with Crippen molar-refractivity contribution in [2.45, 2.75) is 136 Å². The minimum Gasteiger partial charge on any atom is -0.353 e. The zero-order valence-corrected chi connectivity index (χ0v) is 17.8. The first-order chi connectivity index (χ1) is 12.3. The van der Waals surface area contributed by atoms with Gasteiger partial charge in [-0.1, -0.05) is 103 Å². The molecule has 0 N–H and O–H groups in total. The van der Waals surface area contributed by atoms with Crippen LogP contribution in [-0.2, 0) is 9.47 Å². The van der Waals surface area contributed by atoms with Crippen LogP contribution in [-0.4, -0.2) is 19.5 Å². The summed E-state index contributed by atoms with van der Waals surface area (Å²) in [6.07, 6.45) is 23.8. The third kappa shape index (κ3) is 20.1. The third-order valence-electron chi connectivity index (χ3n) is 5.00. The summed E-state index contributed by atoms with van der Waals surface area (Å²) < 4.78 is 11.2. The minimum atomic E-state index is 0.0293. The van der Waals surface area contributed by atoms with Crippen molar-refractivity contribution >= 4 is 0 Å². The number of ether oxygens (including phenoxy) is 2. The molecule has 0 rings (SSSR count). The lowest BCUT2D eigenvalue weighted by Crippen LogP contribution is -2.17. The predicted molar refractivity (Wildman–Crippen MR) is 111 cm³/mol. The summed E-state index contributed by atoms with van der Waals surface area (Å²) in [7, 11) is 0. The molecule has 0 atom stereocenters. The van der Waals surface area contributed by atoms with Crippen molar-refractivity contribution < 1.29 is 9.47 Å². The van der Waals surface area contributed by atoms with Gasteiger partial charge in [-0.2, -0.15) is 0 Å². The Kier molecular flexibility index (Phi) is 21.9. The summed E-state index contributed by atoms with van der Waals surface area (Å²) in [4.78, 5) is 0. The van der Waals surface area contributed by atoms with Crippen LogP contribution in [0, 0.1) is 0 Å². The van der Waals surface area contributed by atoms with E-state index in [1.165, 1.54) is 103 Å². The van der Waals surface area contributed by atoms with Crippen LogP contribution in [0.1, 0.15) is 130 Å². The van der Waals surface area contributed by atoms with Crippen molar-refractivity contribution in [1.82, 2.24) is 0 Å². The molecule has 25 heavy (non-hydrogen) atoms. The van der Waals surface area contributed by atoms with Crippen LogP contribution in [0.25, 0.3) is 0 Å². The summed E-state index contributed by atoms with van der Waals surface area (Å²) in [6.45, 7) is 7.88. The van der Waals surface area contributed by atoms with Crippen molar-refractivity contribution in [1.29, 1.82) is 0 Å². The highest BCUT2D eigenvalue weighted by atomic mass is 16.7. The molecule has 2 nitrogen and oxygen atoms in total. The van der Waals surface area contributed by atoms with Crippen LogP contribution in [0.2, 0.25) is 0 Å². The summed E-state index contributed by atoms with van der Waals surface area (Å²) in [5.41, 5.74) is 0. The van der Waals surface area contributed by atoms with Crippen molar-refractivity contribution in [3.05, 3.63) is 0 Å². The molecule has 0 aromatic carbocycles. The van der Waals surface area contributed by atoms with Gasteiger partial charge in [-0.25, -0.2) is 0 Å². The topological polar surface area (TPSA) is 18.5 Å². The van der Waals surface area contributed by atoms with Gasteiger partial charge in [0.25, 0.3) is 0 Å². The molecule has 0 aromatic heterocycles. The summed E-state index contributed by atoms with van der Waals surface area (Å²) in [5.74, 6) is 0. The van der Waals surface area contributed by atoms with Gasteiger partial charge >= 0.3 is 0 Å². The molecule has 0 unspecified atom stereocenters. The highest BCUT2D eigenvalue weighted by molar-refractivity contribution is 4.51. The Balaban J connectivity index is 3.13. The van der Waals surface area contributed by atoms with Gasteiger partial charge in [0.2, 0.25) is 0 Å². The Labute approximate surface area is 159 Å². The maximum atomic E-state index is 5.58. The molecular formula is C23H48O2. The molecule has 0 amide bonds. The van der Waals surface area contributed by atoms with E-state index in [0.29, 0.717) is 0 Å². The monoisotopic (exact) mass is 356 g/mol. The first-order valence-corrected chi connectivity index (χ1v) is 11.6. The first-order valence-electron chi connectivity index (χ1n) is 11.6. The van der Waals surface area contributed by atoms with Gasteiger partial charge in [-0.15, -0.1) is 0 Å². The van der Waals surface area contributed by atoms with Gasteiger partial charge in [0.15, 0.2) is 6.29 Å². The van der Waals surface area contributed by atoms with Gasteiger partial charge in [-0.05, 0) is 26.7 Å². The SMILES string of the molecule is CCCCCCCCCCCCCCCCCCC(OCC)OCC. The van der Waals surface area contributed by atoms with Gasteiger partial charge in [0, 0.05) is 13.2 Å². The van der Waals surface area contributed by atoms with Gasteiger partial charge in [0.05, 0.1) is 0 Å². The molecule has 0 fully saturated rings. The van der Waals surface area contributed by atoms with Gasteiger partial charge in [0.1, 0.15) is 0 Å². The van der Waals surface area contributed by atoms with E-state index >= 15 is 0 Å². The van der Waals surface area contributed by atoms with Crippen LogP contribution < -0.4 is 0 Å². The standard InChI is InChI=1S/C23H48O2/c1-4-7-8-9-10-11-12-13-14-15-16-17-18-19-20-21-22-23(24-5-2)25-6-3/h23H,4-22H2,1-3H3. The molecule has 0 bridgehead atoms. The predicted octanol–water partition coefficient (Wildman–Crippen LogP) is 8.04. The van der Waals surface area contributed by atoms with E-state index in [0.717, 1.165) is 19.6 Å². The van der Waals surface area contributed by atoms with Crippen LogP contribution >= 0.6 is 0 Å². The second-order valence-electron chi connectivity index (χ2n) is 7.43. The van der Waals surface area contributed by atoms with Crippen LogP contribution in [0.4, 0.5) is 0 Å². The highest BCUT2D eigenvalue weighted by Gasteiger charge is 2.06. The molecule has 0 saturated heterocycles. The zero-order valence-electron chi connectivity index (χ0n) is 17.8. The van der Waals surface area contributed by atoms with E-state index in [9.17, 15) is 0 Å². The average molecular weight is 357 g/mol. The van der Waals surface area contributed by atoms with E-state index in [4.69, 9.17) is 9.47 Å². The molecule has 0 heterocycles. The number of hydrogen-bond donors (Lipinski definition) is 0. The summed E-state index contributed by atoms with van der Waals surface area (Å²) >= 11 is 0. The van der Waals surface area contributed by atoms with Gasteiger partial charge < -0.3 is 9.47 Å². The molecule has 2 heteroatoms. The zero-order chi connectivity index (χ0) is 18.4. The van der Waals surface area contributed by atoms with Crippen LogP contribution in [0.3, 0.4) is 0 Å². The molecule has 0 aliphatic carbocycles. The Hall–Kier alpha value is -0.0800. The molecular weight excluding hydrogens is 308 g/mol. The summed E-state index contributed by atoms with van der Waals surface area (Å²) in [5, 5.41) is 0. The lowest BCUT2D eigenvalue weighted by Gasteiger charge is -2.16. The van der Waals surface area contributed by atoms with E-state index in [-0.39, 0.29) is 6.29 Å². The molecule has 152 valence electrons. The van der Waals surface area contributed by atoms with Crippen LogP contribution in [0.15, 0.2) is 0 Å². The Bertz CT molecular complexity index is 224. The van der Waals surface area contributed by atoms with Crippen molar-refractivity contribution in [2.24, 2.45) is 0 Å². The Morgan fingerprint density at radius 3 is 1.08 bits per heavy atom. The lowest BCUT2D eigenvalue weighted by molar-refractivity contribution is -0.140. The molecule has 0 aliphatic heterocycles. The second-order valence-corrected chi connectivity index (χ2v) is 7.43. The second kappa shape index (κ2) is 22.0. The van der Waals surface area contributed by atoms with Gasteiger partial charge in [-0.3, -0.25) is 0 Å². The fourth-order valence-corrected chi connectivity index (χ4v) is 3.45. The maximum absolute atomic E-state index is 5.58. The van der Waals surface area contributed by atoms with Crippen molar-refractivity contribution in [2.75, 3.05) is 13.2 Å². The summed E-state index contributed by atoms with van der Waals surface area (Å²) in [6, 6.07) is 0. The largest absolute Gasteiger partial charge is 0.353 e. The first kappa shape index (κ1) is 24.9. The number of unbranched alkanes of at least 4 members (excludes halogenated alkanes) is 15. The van der Waals surface area contributed by atoms with E-state index in [1.54, 1.807) is 0 Å². The smallest absolute Gasteiger partial charge is 0.157 e. The molecule has 0 aromatic rings. The highest BCUT2D eigenvalue weighted by Crippen LogP contribution is 2.15. The Morgan fingerprint density at radius 1 is 0.440 bits per heavy atom. The molecule has 0 saturated carbocycles. The normalized spacial score (nSPS) is 11.5. The number of rotatable bonds is 21. The molecule has 0 radical (unpaired) electrons. The minimum absolute atomic E-state index is 0.0293.